The molecule has 0 spiro atoms. The molecule has 31 heavy (non-hydrogen) atoms. The maximum Gasteiger partial charge on any atom is 0.278 e. The van der Waals surface area contributed by atoms with E-state index in [1.807, 2.05) is 35.8 Å². The highest BCUT2D eigenvalue weighted by Crippen LogP contribution is 2.30. The summed E-state index contributed by atoms with van der Waals surface area (Å²) in [6, 6.07) is 7.99. The van der Waals surface area contributed by atoms with Gasteiger partial charge in [-0.15, -0.1) is 0 Å². The molecule has 0 fully saturated rings. The van der Waals surface area contributed by atoms with E-state index in [2.05, 4.69) is 25.9 Å². The van der Waals surface area contributed by atoms with Crippen LogP contribution in [0, 0.1) is 5.92 Å². The highest BCUT2D eigenvalue weighted by atomic mass is 79.9. The summed E-state index contributed by atoms with van der Waals surface area (Å²) in [6.07, 6.45) is 5.52. The Balaban J connectivity index is 1.76. The largest absolute Gasteiger partial charge is 0.348 e. The molecule has 2 aromatic heterocycles. The van der Waals surface area contributed by atoms with Gasteiger partial charge in [0.1, 0.15) is 11.5 Å². The van der Waals surface area contributed by atoms with Crippen molar-refractivity contribution in [2.75, 3.05) is 7.05 Å². The number of hydrogen-bond donors (Lipinski definition) is 1. The van der Waals surface area contributed by atoms with E-state index in [-0.39, 0.29) is 17.7 Å². The molecule has 3 heterocycles. The molecule has 1 atom stereocenters. The van der Waals surface area contributed by atoms with E-state index in [9.17, 15) is 9.59 Å². The van der Waals surface area contributed by atoms with Crippen molar-refractivity contribution in [2.45, 2.75) is 43.6 Å². The van der Waals surface area contributed by atoms with E-state index >= 15 is 0 Å². The first-order valence-corrected chi connectivity index (χ1v) is 12.0. The summed E-state index contributed by atoms with van der Waals surface area (Å²) in [5.41, 5.74) is 2.32. The lowest BCUT2D eigenvalue weighted by molar-refractivity contribution is -0.132. The quantitative estimate of drug-likeness (QED) is 0.402. The lowest BCUT2D eigenvalue weighted by atomic mass is 9.95. The van der Waals surface area contributed by atoms with Crippen molar-refractivity contribution in [1.29, 1.82) is 0 Å². The van der Waals surface area contributed by atoms with Crippen LogP contribution in [0.1, 0.15) is 47.3 Å². The number of halogens is 1. The number of imidazole rings is 2. The molecule has 0 bridgehead atoms. The lowest BCUT2D eigenvalue weighted by Gasteiger charge is -2.25. The molecule has 1 aliphatic heterocycles. The van der Waals surface area contributed by atoms with E-state index in [0.717, 1.165) is 26.7 Å². The number of carbonyl (C=O) groups excluding carboxylic acids is 2. The molecular weight excluding hydrogens is 478 g/mol. The van der Waals surface area contributed by atoms with Crippen molar-refractivity contribution in [3.8, 4) is 0 Å². The topological polar surface area (TPSA) is 83.9 Å². The van der Waals surface area contributed by atoms with Gasteiger partial charge in [-0.05, 0) is 37.0 Å². The average Bonchev–Trinajstić information content (AvgIpc) is 3.39. The van der Waals surface area contributed by atoms with Gasteiger partial charge < -0.3 is 9.55 Å². The first kappa shape index (κ1) is 21.8. The first-order valence-electron chi connectivity index (χ1n) is 10.2. The van der Waals surface area contributed by atoms with E-state index in [0.29, 0.717) is 37.3 Å². The third kappa shape index (κ3) is 4.62. The zero-order valence-electron chi connectivity index (χ0n) is 17.5. The summed E-state index contributed by atoms with van der Waals surface area (Å²) in [4.78, 5) is 39.7. The van der Waals surface area contributed by atoms with Crippen LogP contribution >= 0.6 is 27.7 Å². The van der Waals surface area contributed by atoms with Gasteiger partial charge in [0.05, 0.1) is 18.0 Å². The van der Waals surface area contributed by atoms with E-state index in [1.165, 1.54) is 16.7 Å². The molecule has 0 saturated carbocycles. The second-order valence-corrected chi connectivity index (χ2v) is 9.43. The predicted molar refractivity (Wildman–Crippen MR) is 123 cm³/mol. The molecule has 1 N–H and O–H groups in total. The highest BCUT2D eigenvalue weighted by molar-refractivity contribution is 9.10. The van der Waals surface area contributed by atoms with Gasteiger partial charge in [-0.25, -0.2) is 9.97 Å². The van der Waals surface area contributed by atoms with Gasteiger partial charge in [0, 0.05) is 29.8 Å². The first-order chi connectivity index (χ1) is 15.0. The van der Waals surface area contributed by atoms with Crippen molar-refractivity contribution >= 4 is 39.5 Å². The van der Waals surface area contributed by atoms with Crippen LogP contribution in [0.4, 0.5) is 0 Å². The lowest BCUT2D eigenvalue weighted by Crippen LogP contribution is -2.40. The molecule has 1 aliphatic rings. The normalized spacial score (nSPS) is 16.9. The number of fused-ring (bicyclic) bond motifs is 1. The number of H-pyrrole nitrogens is 1. The molecule has 0 radical (unpaired) electrons. The third-order valence-corrected chi connectivity index (χ3v) is 7.02. The molecule has 1 unspecified atom stereocenters. The van der Waals surface area contributed by atoms with Gasteiger partial charge in [0.2, 0.25) is 5.91 Å². The Kier molecular flexibility index (Phi) is 6.62. The Bertz CT molecular complexity index is 1100. The fourth-order valence-corrected chi connectivity index (χ4v) is 5.18. The molecule has 2 amide bonds. The van der Waals surface area contributed by atoms with Crippen LogP contribution in [-0.2, 0) is 23.5 Å². The maximum absolute atomic E-state index is 13.4. The number of aromatic nitrogens is 4. The maximum atomic E-state index is 13.4. The van der Waals surface area contributed by atoms with Crippen LogP contribution in [0.25, 0.3) is 0 Å². The number of aromatic amines is 1. The number of nitrogens with one attached hydrogen (secondary N) is 1. The minimum Gasteiger partial charge on any atom is -0.348 e. The average molecular weight is 502 g/mol. The van der Waals surface area contributed by atoms with Crippen molar-refractivity contribution in [1.82, 2.24) is 24.4 Å². The Morgan fingerprint density at radius 2 is 2.16 bits per heavy atom. The van der Waals surface area contributed by atoms with Crippen LogP contribution in [0.3, 0.4) is 0 Å². The fraction of sp³-hybridized carbons (Fsp3) is 0.364. The number of amides is 2. The van der Waals surface area contributed by atoms with Gasteiger partial charge in [0.15, 0.2) is 5.16 Å². The number of imide groups is 1. The summed E-state index contributed by atoms with van der Waals surface area (Å²) < 4.78 is 2.92. The summed E-state index contributed by atoms with van der Waals surface area (Å²) >= 11 is 5.06. The van der Waals surface area contributed by atoms with Gasteiger partial charge in [0.25, 0.3) is 5.91 Å². The third-order valence-electron chi connectivity index (χ3n) is 5.54. The summed E-state index contributed by atoms with van der Waals surface area (Å²) in [5.74, 6) is 0.904. The molecule has 0 saturated heterocycles. The van der Waals surface area contributed by atoms with E-state index in [1.54, 1.807) is 19.4 Å². The number of aryl methyl sites for hydroxylation is 1. The Morgan fingerprint density at radius 3 is 2.87 bits per heavy atom. The number of thioether (sulfide) groups is 1. The number of rotatable bonds is 6. The van der Waals surface area contributed by atoms with Crippen LogP contribution in [0.15, 0.2) is 46.3 Å². The molecular formula is C22H24BrN5O2S. The number of hydrogen-bond acceptors (Lipinski definition) is 5. The molecule has 0 aliphatic carbocycles. The smallest absolute Gasteiger partial charge is 0.278 e. The fourth-order valence-electron chi connectivity index (χ4n) is 3.82. The minimum absolute atomic E-state index is 0.113. The Morgan fingerprint density at radius 1 is 1.32 bits per heavy atom. The zero-order chi connectivity index (χ0) is 22.0. The highest BCUT2D eigenvalue weighted by Gasteiger charge is 2.34. The van der Waals surface area contributed by atoms with Crippen LogP contribution in [0.5, 0.6) is 0 Å². The number of carbonyl (C=O) groups is 2. The monoisotopic (exact) mass is 501 g/mol. The standard InChI is InChI=1S/C22H24BrN5O2S/c1-3-15-7-8-17-19(21(30)27(2)20(15)29)28(12-14-5-4-6-16(23)11-14)22(26-17)31-13-18-24-9-10-25-18/h4-6,9-11,15H,3,7-8,12-13H2,1-2H3,(H,24,25). The van der Waals surface area contributed by atoms with Crippen molar-refractivity contribution in [2.24, 2.45) is 5.92 Å². The van der Waals surface area contributed by atoms with Gasteiger partial charge in [-0.3, -0.25) is 14.5 Å². The van der Waals surface area contributed by atoms with Gasteiger partial charge >= 0.3 is 0 Å². The van der Waals surface area contributed by atoms with Crippen LogP contribution < -0.4 is 0 Å². The molecule has 9 heteroatoms. The number of benzene rings is 1. The van der Waals surface area contributed by atoms with Gasteiger partial charge in [-0.1, -0.05) is 46.7 Å². The van der Waals surface area contributed by atoms with Crippen LogP contribution in [-0.4, -0.2) is 43.3 Å². The molecule has 4 rings (SSSR count). The van der Waals surface area contributed by atoms with Crippen molar-refractivity contribution in [3.63, 3.8) is 0 Å². The van der Waals surface area contributed by atoms with Crippen molar-refractivity contribution < 1.29 is 9.59 Å². The predicted octanol–water partition coefficient (Wildman–Crippen LogP) is 4.28. The summed E-state index contributed by atoms with van der Waals surface area (Å²) in [7, 11) is 1.58. The SMILES string of the molecule is CCC1CCc2nc(SCc3ncc[nH]3)n(Cc3cccc(Br)c3)c2C(=O)N(C)C1=O. The Hall–Kier alpha value is -2.39. The molecule has 7 nitrogen and oxygen atoms in total. The van der Waals surface area contributed by atoms with Crippen LogP contribution in [0.2, 0.25) is 0 Å². The summed E-state index contributed by atoms with van der Waals surface area (Å²) in [5, 5.41) is 0.755. The Labute approximate surface area is 193 Å². The second kappa shape index (κ2) is 9.40. The molecule has 1 aromatic carbocycles. The van der Waals surface area contributed by atoms with Crippen molar-refractivity contribution in [3.05, 3.63) is 63.9 Å². The summed E-state index contributed by atoms with van der Waals surface area (Å²) in [6.45, 7) is 2.48. The second-order valence-electron chi connectivity index (χ2n) is 7.58. The van der Waals surface area contributed by atoms with Gasteiger partial charge in [-0.2, -0.15) is 0 Å². The number of nitrogens with zero attached hydrogens (tertiary/aromatic N) is 4. The zero-order valence-corrected chi connectivity index (χ0v) is 19.9. The molecule has 162 valence electrons. The molecule has 3 aromatic rings. The van der Waals surface area contributed by atoms with E-state index < -0.39 is 0 Å². The van der Waals surface area contributed by atoms with E-state index in [4.69, 9.17) is 4.98 Å². The minimum atomic E-state index is -0.287.